The van der Waals surface area contributed by atoms with Crippen LogP contribution in [0.3, 0.4) is 0 Å². The van der Waals surface area contributed by atoms with Crippen molar-refractivity contribution in [2.24, 2.45) is 7.05 Å². The first-order chi connectivity index (χ1) is 11.4. The Bertz CT molecular complexity index is 930. The van der Waals surface area contributed by atoms with E-state index in [0.29, 0.717) is 11.4 Å². The highest BCUT2D eigenvalue weighted by atomic mass is 32.2. The summed E-state index contributed by atoms with van der Waals surface area (Å²) >= 11 is 0. The lowest BCUT2D eigenvalue weighted by Gasteiger charge is -2.07. The fourth-order valence-corrected chi connectivity index (χ4v) is 3.15. The summed E-state index contributed by atoms with van der Waals surface area (Å²) in [6, 6.07) is 16.8. The fraction of sp³-hybridized carbons (Fsp3) is 0.167. The first-order valence-electron chi connectivity index (χ1n) is 7.55. The number of hydrogen-bond donors (Lipinski definition) is 1. The van der Waals surface area contributed by atoms with E-state index in [4.69, 9.17) is 0 Å². The zero-order chi connectivity index (χ0) is 17.2. The monoisotopic (exact) mass is 341 g/mol. The number of sulfone groups is 1. The van der Waals surface area contributed by atoms with Crippen LogP contribution in [0.1, 0.15) is 5.56 Å². The normalized spacial score (nSPS) is 11.4. The molecule has 1 heterocycles. The maximum Gasteiger partial charge on any atom is 0.175 e. The molecular formula is C18H19N3O2S. The van der Waals surface area contributed by atoms with E-state index in [9.17, 15) is 8.42 Å². The Kier molecular flexibility index (Phi) is 4.40. The van der Waals surface area contributed by atoms with Gasteiger partial charge in [0.1, 0.15) is 0 Å². The number of nitrogens with one attached hydrogen (secondary N) is 1. The van der Waals surface area contributed by atoms with Crippen LogP contribution >= 0.6 is 0 Å². The van der Waals surface area contributed by atoms with Crippen LogP contribution in [-0.4, -0.2) is 24.5 Å². The molecule has 0 saturated carbocycles. The molecule has 0 aliphatic heterocycles. The zero-order valence-corrected chi connectivity index (χ0v) is 14.4. The van der Waals surface area contributed by atoms with Gasteiger partial charge in [0.05, 0.1) is 10.6 Å². The third kappa shape index (κ3) is 3.65. The number of benzene rings is 2. The summed E-state index contributed by atoms with van der Waals surface area (Å²) in [6.07, 6.45) is 3.19. The lowest BCUT2D eigenvalue weighted by molar-refractivity contribution is 0.602. The highest BCUT2D eigenvalue weighted by Gasteiger charge is 2.10. The highest BCUT2D eigenvalue weighted by Crippen LogP contribution is 2.23. The molecular weight excluding hydrogens is 322 g/mol. The Hall–Kier alpha value is -2.60. The maximum absolute atomic E-state index is 11.5. The number of rotatable bonds is 5. The number of anilines is 1. The molecule has 6 heteroatoms. The van der Waals surface area contributed by atoms with Crippen LogP contribution < -0.4 is 5.32 Å². The van der Waals surface area contributed by atoms with Gasteiger partial charge in [0.2, 0.25) is 0 Å². The van der Waals surface area contributed by atoms with Crippen LogP contribution in [0.25, 0.3) is 11.3 Å². The van der Waals surface area contributed by atoms with Gasteiger partial charge in [0.15, 0.2) is 9.84 Å². The van der Waals surface area contributed by atoms with Gasteiger partial charge < -0.3 is 5.32 Å². The molecule has 24 heavy (non-hydrogen) atoms. The molecule has 0 saturated heterocycles. The number of aromatic nitrogens is 2. The number of nitrogens with zero attached hydrogens (tertiary/aromatic N) is 2. The minimum Gasteiger partial charge on any atom is -0.381 e. The van der Waals surface area contributed by atoms with Gasteiger partial charge in [-0.1, -0.05) is 30.3 Å². The summed E-state index contributed by atoms with van der Waals surface area (Å²) in [7, 11) is -1.27. The molecule has 0 atom stereocenters. The van der Waals surface area contributed by atoms with Gasteiger partial charge in [-0.2, -0.15) is 5.10 Å². The van der Waals surface area contributed by atoms with Crippen LogP contribution in [0.4, 0.5) is 5.69 Å². The van der Waals surface area contributed by atoms with Crippen molar-refractivity contribution in [3.63, 3.8) is 0 Å². The molecule has 1 aromatic heterocycles. The third-order valence-corrected chi connectivity index (χ3v) is 4.85. The lowest BCUT2D eigenvalue weighted by Crippen LogP contribution is -2.01. The van der Waals surface area contributed by atoms with Crippen LogP contribution in [0.2, 0.25) is 0 Å². The quantitative estimate of drug-likeness (QED) is 0.774. The smallest absolute Gasteiger partial charge is 0.175 e. The number of aryl methyl sites for hydroxylation is 1. The molecule has 0 unspecified atom stereocenters. The van der Waals surface area contributed by atoms with E-state index in [2.05, 4.69) is 10.4 Å². The largest absolute Gasteiger partial charge is 0.381 e. The Morgan fingerprint density at radius 2 is 1.71 bits per heavy atom. The molecule has 0 bridgehead atoms. The van der Waals surface area contributed by atoms with Gasteiger partial charge >= 0.3 is 0 Å². The first-order valence-corrected chi connectivity index (χ1v) is 9.44. The Morgan fingerprint density at radius 3 is 2.33 bits per heavy atom. The van der Waals surface area contributed by atoms with Crippen LogP contribution in [0.5, 0.6) is 0 Å². The molecule has 3 rings (SSSR count). The minimum atomic E-state index is -3.17. The van der Waals surface area contributed by atoms with Gasteiger partial charge in [0.25, 0.3) is 0 Å². The Balaban J connectivity index is 1.78. The summed E-state index contributed by atoms with van der Waals surface area (Å²) < 4.78 is 24.8. The summed E-state index contributed by atoms with van der Waals surface area (Å²) in [5, 5.41) is 7.85. The van der Waals surface area contributed by atoms with E-state index in [-0.39, 0.29) is 0 Å². The topological polar surface area (TPSA) is 64.0 Å². The molecule has 0 spiro atoms. The van der Waals surface area contributed by atoms with Crippen LogP contribution in [0, 0.1) is 0 Å². The van der Waals surface area contributed by atoms with Crippen molar-refractivity contribution in [1.29, 1.82) is 0 Å². The average molecular weight is 341 g/mol. The first kappa shape index (κ1) is 16.3. The van der Waals surface area contributed by atoms with Crippen LogP contribution in [0.15, 0.2) is 65.7 Å². The van der Waals surface area contributed by atoms with Crippen molar-refractivity contribution >= 4 is 15.5 Å². The van der Waals surface area contributed by atoms with Crippen molar-refractivity contribution < 1.29 is 8.42 Å². The van der Waals surface area contributed by atoms with E-state index < -0.39 is 9.84 Å². The van der Waals surface area contributed by atoms with E-state index in [1.807, 2.05) is 43.6 Å². The minimum absolute atomic E-state index is 0.319. The van der Waals surface area contributed by atoms with Gasteiger partial charge in [0, 0.05) is 42.9 Å². The van der Waals surface area contributed by atoms with Crippen molar-refractivity contribution in [3.05, 3.63) is 66.4 Å². The molecule has 0 amide bonds. The maximum atomic E-state index is 11.5. The molecule has 3 aromatic rings. The standard InChI is InChI=1S/C18H19N3O2S/c1-21-13-15(18(20-21)14-6-4-3-5-7-14)12-19-16-8-10-17(11-9-16)24(2,22)23/h3-11,13,19H,12H2,1-2H3. The van der Waals surface area contributed by atoms with Gasteiger partial charge in [-0.05, 0) is 24.3 Å². The second kappa shape index (κ2) is 6.49. The van der Waals surface area contributed by atoms with Crippen molar-refractivity contribution in [1.82, 2.24) is 9.78 Å². The summed E-state index contributed by atoms with van der Waals surface area (Å²) in [5.74, 6) is 0. The molecule has 0 radical (unpaired) electrons. The second-order valence-corrected chi connectivity index (χ2v) is 7.71. The molecule has 124 valence electrons. The van der Waals surface area contributed by atoms with Gasteiger partial charge in [-0.15, -0.1) is 0 Å². The van der Waals surface area contributed by atoms with E-state index in [1.165, 1.54) is 6.26 Å². The Labute approximate surface area is 141 Å². The lowest BCUT2D eigenvalue weighted by atomic mass is 10.1. The summed E-state index contributed by atoms with van der Waals surface area (Å²) in [5.41, 5.74) is 3.96. The van der Waals surface area contributed by atoms with Gasteiger partial charge in [-0.3, -0.25) is 4.68 Å². The second-order valence-electron chi connectivity index (χ2n) is 5.69. The summed E-state index contributed by atoms with van der Waals surface area (Å²) in [4.78, 5) is 0.319. The predicted molar refractivity (Wildman–Crippen MR) is 95.5 cm³/mol. The number of hydrogen-bond acceptors (Lipinski definition) is 4. The molecule has 5 nitrogen and oxygen atoms in total. The van der Waals surface area contributed by atoms with E-state index >= 15 is 0 Å². The SMILES string of the molecule is Cn1cc(CNc2ccc(S(C)(=O)=O)cc2)c(-c2ccccc2)n1. The van der Waals surface area contributed by atoms with Crippen molar-refractivity contribution in [3.8, 4) is 11.3 Å². The summed E-state index contributed by atoms with van der Waals surface area (Å²) in [6.45, 7) is 0.607. The van der Waals surface area contributed by atoms with Gasteiger partial charge in [-0.25, -0.2) is 8.42 Å². The molecule has 0 aliphatic carbocycles. The van der Waals surface area contributed by atoms with E-state index in [1.54, 1.807) is 28.9 Å². The molecule has 2 aromatic carbocycles. The fourth-order valence-electron chi connectivity index (χ4n) is 2.52. The van der Waals surface area contributed by atoms with Crippen molar-refractivity contribution in [2.45, 2.75) is 11.4 Å². The molecule has 1 N–H and O–H groups in total. The van der Waals surface area contributed by atoms with Crippen molar-refractivity contribution in [2.75, 3.05) is 11.6 Å². The third-order valence-electron chi connectivity index (χ3n) is 3.72. The average Bonchev–Trinajstić information content (AvgIpc) is 2.94. The van der Waals surface area contributed by atoms with E-state index in [0.717, 1.165) is 22.5 Å². The zero-order valence-electron chi connectivity index (χ0n) is 13.6. The highest BCUT2D eigenvalue weighted by molar-refractivity contribution is 7.90. The predicted octanol–water partition coefficient (Wildman–Crippen LogP) is 3.10. The molecule has 0 aliphatic rings. The van der Waals surface area contributed by atoms with Crippen LogP contribution in [-0.2, 0) is 23.4 Å². The molecule has 0 fully saturated rings. The Morgan fingerprint density at radius 1 is 1.04 bits per heavy atom.